The number of pyridine rings is 1. The second-order valence-corrected chi connectivity index (χ2v) is 8.47. The summed E-state index contributed by atoms with van der Waals surface area (Å²) in [6, 6.07) is 10.2. The standard InChI is InChI=1S/C22H28N6O2S/c1-13-17(6-7-18(24-13)20(29)23-2)25-15-8-9-28(12-15)11-14-4-5-16-19(10-14)26-22(30)27(3)21(16)31/h4-7,10,15,22,25-26,30H,8-9,11-12H2,1-3H3,(H,23,29). The molecule has 0 bridgehead atoms. The summed E-state index contributed by atoms with van der Waals surface area (Å²) >= 11 is 5.44. The lowest BCUT2D eigenvalue weighted by molar-refractivity contribution is 0.0952. The van der Waals surface area contributed by atoms with Gasteiger partial charge in [-0.2, -0.15) is 0 Å². The van der Waals surface area contributed by atoms with Crippen molar-refractivity contribution in [3.8, 4) is 0 Å². The van der Waals surface area contributed by atoms with Gasteiger partial charge in [0, 0.05) is 51.0 Å². The van der Waals surface area contributed by atoms with Crippen molar-refractivity contribution in [2.45, 2.75) is 32.3 Å². The van der Waals surface area contributed by atoms with Crippen LogP contribution in [0.5, 0.6) is 0 Å². The number of aromatic nitrogens is 1. The topological polar surface area (TPSA) is 92.8 Å². The average molecular weight is 441 g/mol. The van der Waals surface area contributed by atoms with Gasteiger partial charge in [0.2, 0.25) is 6.35 Å². The number of hydrogen-bond donors (Lipinski definition) is 4. The van der Waals surface area contributed by atoms with E-state index in [1.807, 2.05) is 19.1 Å². The Morgan fingerprint density at radius 2 is 2.16 bits per heavy atom. The largest absolute Gasteiger partial charge is 0.380 e. The molecule has 2 aliphatic rings. The Kier molecular flexibility index (Phi) is 6.08. The van der Waals surface area contributed by atoms with Gasteiger partial charge in [0.1, 0.15) is 10.7 Å². The van der Waals surface area contributed by atoms with Crippen LogP contribution in [0.4, 0.5) is 11.4 Å². The van der Waals surface area contributed by atoms with Gasteiger partial charge in [-0.15, -0.1) is 0 Å². The molecule has 2 aromatic rings. The van der Waals surface area contributed by atoms with Gasteiger partial charge in [-0.05, 0) is 43.2 Å². The summed E-state index contributed by atoms with van der Waals surface area (Å²) in [6.45, 7) is 4.66. The number of likely N-dealkylation sites (tertiary alicyclic amines) is 1. The summed E-state index contributed by atoms with van der Waals surface area (Å²) < 4.78 is 0. The Bertz CT molecular complexity index is 1010. The number of nitrogens with one attached hydrogen (secondary N) is 3. The number of benzene rings is 1. The van der Waals surface area contributed by atoms with E-state index in [2.05, 4.69) is 38.0 Å². The predicted molar refractivity (Wildman–Crippen MR) is 125 cm³/mol. The summed E-state index contributed by atoms with van der Waals surface area (Å²) in [6.07, 6.45) is 0.232. The van der Waals surface area contributed by atoms with Crippen molar-refractivity contribution in [3.05, 3.63) is 52.8 Å². The maximum atomic E-state index is 11.8. The van der Waals surface area contributed by atoms with Crippen molar-refractivity contribution in [1.82, 2.24) is 20.1 Å². The van der Waals surface area contributed by atoms with E-state index < -0.39 is 6.35 Å². The second-order valence-electron chi connectivity index (χ2n) is 8.09. The number of anilines is 2. The molecule has 1 aromatic heterocycles. The lowest BCUT2D eigenvalue weighted by Gasteiger charge is -2.34. The van der Waals surface area contributed by atoms with E-state index >= 15 is 0 Å². The van der Waals surface area contributed by atoms with Crippen LogP contribution < -0.4 is 16.0 Å². The number of rotatable bonds is 5. The average Bonchev–Trinajstić information content (AvgIpc) is 3.19. The summed E-state index contributed by atoms with van der Waals surface area (Å²) in [4.78, 5) is 20.8. The smallest absolute Gasteiger partial charge is 0.269 e. The molecular weight excluding hydrogens is 412 g/mol. The van der Waals surface area contributed by atoms with E-state index in [1.54, 1.807) is 25.1 Å². The molecule has 31 heavy (non-hydrogen) atoms. The van der Waals surface area contributed by atoms with Gasteiger partial charge >= 0.3 is 0 Å². The molecule has 4 N–H and O–H groups in total. The first-order chi connectivity index (χ1) is 14.9. The molecule has 4 rings (SSSR count). The fourth-order valence-electron chi connectivity index (χ4n) is 4.07. The van der Waals surface area contributed by atoms with Gasteiger partial charge in [-0.3, -0.25) is 9.69 Å². The number of thiocarbonyl (C=S) groups is 1. The van der Waals surface area contributed by atoms with E-state index in [9.17, 15) is 9.90 Å². The molecule has 1 saturated heterocycles. The minimum Gasteiger partial charge on any atom is -0.380 e. The van der Waals surface area contributed by atoms with Crippen molar-refractivity contribution in [3.63, 3.8) is 0 Å². The zero-order valence-electron chi connectivity index (χ0n) is 18.0. The predicted octanol–water partition coefficient (Wildman–Crippen LogP) is 1.74. The summed E-state index contributed by atoms with van der Waals surface area (Å²) in [7, 11) is 3.38. The van der Waals surface area contributed by atoms with Crippen LogP contribution in [0, 0.1) is 6.92 Å². The maximum absolute atomic E-state index is 11.8. The van der Waals surface area contributed by atoms with Gasteiger partial charge in [0.25, 0.3) is 5.91 Å². The lowest BCUT2D eigenvalue weighted by Crippen LogP contribution is -2.45. The normalized spacial score (nSPS) is 20.9. The fraction of sp³-hybridized carbons (Fsp3) is 0.409. The highest BCUT2D eigenvalue weighted by Crippen LogP contribution is 2.27. The number of nitrogens with zero attached hydrogens (tertiary/aromatic N) is 3. The summed E-state index contributed by atoms with van der Waals surface area (Å²) in [5, 5.41) is 19.4. The zero-order chi connectivity index (χ0) is 22.1. The lowest BCUT2D eigenvalue weighted by atomic mass is 10.1. The van der Waals surface area contributed by atoms with Crippen molar-refractivity contribution in [1.29, 1.82) is 0 Å². The van der Waals surface area contributed by atoms with E-state index in [0.29, 0.717) is 16.7 Å². The first kappa shape index (κ1) is 21.5. The molecule has 9 heteroatoms. The van der Waals surface area contributed by atoms with Crippen molar-refractivity contribution in [2.24, 2.45) is 0 Å². The third kappa shape index (κ3) is 4.48. The highest BCUT2D eigenvalue weighted by molar-refractivity contribution is 7.80. The summed E-state index contributed by atoms with van der Waals surface area (Å²) in [5.74, 6) is -0.179. The third-order valence-corrected chi connectivity index (χ3v) is 6.38. The second kappa shape index (κ2) is 8.78. The van der Waals surface area contributed by atoms with E-state index in [-0.39, 0.29) is 5.91 Å². The van der Waals surface area contributed by atoms with Crippen LogP contribution in [0.1, 0.15) is 33.7 Å². The Morgan fingerprint density at radius 3 is 2.90 bits per heavy atom. The van der Waals surface area contributed by atoms with Crippen LogP contribution in [0.15, 0.2) is 30.3 Å². The highest BCUT2D eigenvalue weighted by Gasteiger charge is 2.26. The number of aliphatic hydroxyl groups is 1. The molecule has 2 atom stereocenters. The number of hydrogen-bond acceptors (Lipinski definition) is 7. The van der Waals surface area contributed by atoms with Crippen LogP contribution in [-0.2, 0) is 6.54 Å². The first-order valence-corrected chi connectivity index (χ1v) is 10.8. The van der Waals surface area contributed by atoms with E-state index in [1.165, 1.54) is 5.56 Å². The minimum atomic E-state index is -0.803. The van der Waals surface area contributed by atoms with Crippen LogP contribution in [-0.4, -0.2) is 70.4 Å². The Balaban J connectivity index is 1.37. The van der Waals surface area contributed by atoms with Crippen molar-refractivity contribution < 1.29 is 9.90 Å². The van der Waals surface area contributed by atoms with Crippen molar-refractivity contribution in [2.75, 3.05) is 37.8 Å². The number of amides is 1. The van der Waals surface area contributed by atoms with Gasteiger partial charge in [0.05, 0.1) is 11.4 Å². The SMILES string of the molecule is CNC(=O)c1ccc(NC2CCN(Cc3ccc4c(c3)NC(O)N(C)C4=S)C2)c(C)n1. The van der Waals surface area contributed by atoms with Crippen LogP contribution >= 0.6 is 12.2 Å². The van der Waals surface area contributed by atoms with E-state index in [0.717, 1.165) is 48.7 Å². The molecule has 1 amide bonds. The number of carbonyl (C=O) groups excluding carboxylic acids is 1. The molecule has 0 spiro atoms. The third-order valence-electron chi connectivity index (χ3n) is 5.87. The minimum absolute atomic E-state index is 0.179. The van der Waals surface area contributed by atoms with Gasteiger partial charge in [-0.25, -0.2) is 4.98 Å². The molecule has 1 aromatic carbocycles. The summed E-state index contributed by atoms with van der Waals surface area (Å²) in [5.41, 5.74) is 5.20. The Labute approximate surface area is 187 Å². The number of aryl methyl sites for hydroxylation is 1. The molecule has 0 radical (unpaired) electrons. The number of aliphatic hydroxyl groups excluding tert-OH is 1. The zero-order valence-corrected chi connectivity index (χ0v) is 18.8. The van der Waals surface area contributed by atoms with Crippen LogP contribution in [0.25, 0.3) is 0 Å². The van der Waals surface area contributed by atoms with Gasteiger partial charge in [-0.1, -0.05) is 18.3 Å². The van der Waals surface area contributed by atoms with Gasteiger partial charge < -0.3 is 26.0 Å². The maximum Gasteiger partial charge on any atom is 0.269 e. The molecular formula is C22H28N6O2S. The van der Waals surface area contributed by atoms with Crippen molar-refractivity contribution >= 4 is 34.5 Å². The highest BCUT2D eigenvalue weighted by atomic mass is 32.1. The molecule has 0 aliphatic carbocycles. The number of carbonyl (C=O) groups is 1. The molecule has 0 saturated carbocycles. The monoisotopic (exact) mass is 440 g/mol. The van der Waals surface area contributed by atoms with Crippen LogP contribution in [0.2, 0.25) is 0 Å². The molecule has 8 nitrogen and oxygen atoms in total. The Morgan fingerprint density at radius 1 is 1.35 bits per heavy atom. The number of fused-ring (bicyclic) bond motifs is 1. The molecule has 164 valence electrons. The van der Waals surface area contributed by atoms with E-state index in [4.69, 9.17) is 12.2 Å². The molecule has 3 heterocycles. The first-order valence-electron chi connectivity index (χ1n) is 10.4. The molecule has 1 fully saturated rings. The van der Waals surface area contributed by atoms with Crippen LogP contribution in [0.3, 0.4) is 0 Å². The quantitative estimate of drug-likeness (QED) is 0.523. The molecule has 2 aliphatic heterocycles. The Hall–Kier alpha value is -2.75. The molecule has 2 unspecified atom stereocenters. The van der Waals surface area contributed by atoms with Gasteiger partial charge in [0.15, 0.2) is 0 Å². The fourth-order valence-corrected chi connectivity index (χ4v) is 4.35.